The van der Waals surface area contributed by atoms with Gasteiger partial charge in [0.1, 0.15) is 0 Å². The standard InChI is InChI=1S/C12H20N2O2S/c1-5-9-10(11(15)16-8-4)13-12(17-9)14(6-2)7-3/h5-8H2,1-4H3. The lowest BCUT2D eigenvalue weighted by Crippen LogP contribution is -2.21. The van der Waals surface area contributed by atoms with E-state index in [1.807, 2.05) is 6.92 Å². The molecule has 0 N–H and O–H groups in total. The first-order valence-electron chi connectivity index (χ1n) is 6.09. The summed E-state index contributed by atoms with van der Waals surface area (Å²) < 4.78 is 5.02. The second-order valence-electron chi connectivity index (χ2n) is 3.51. The van der Waals surface area contributed by atoms with Crippen LogP contribution in [0.5, 0.6) is 0 Å². The average molecular weight is 256 g/mol. The first-order chi connectivity index (χ1) is 8.17. The quantitative estimate of drug-likeness (QED) is 0.734. The Morgan fingerprint density at radius 1 is 1.29 bits per heavy atom. The number of hydrogen-bond donors (Lipinski definition) is 0. The summed E-state index contributed by atoms with van der Waals surface area (Å²) in [6, 6.07) is 0. The van der Waals surface area contributed by atoms with Gasteiger partial charge in [-0.3, -0.25) is 0 Å². The molecule has 1 heterocycles. The Bertz CT molecular complexity index is 373. The van der Waals surface area contributed by atoms with E-state index in [-0.39, 0.29) is 5.97 Å². The molecule has 1 rings (SSSR count). The Morgan fingerprint density at radius 3 is 2.41 bits per heavy atom. The molecule has 0 amide bonds. The molecule has 4 nitrogen and oxygen atoms in total. The van der Waals surface area contributed by atoms with E-state index in [0.29, 0.717) is 12.3 Å². The van der Waals surface area contributed by atoms with Crippen LogP contribution in [-0.2, 0) is 11.2 Å². The van der Waals surface area contributed by atoms with E-state index in [1.165, 1.54) is 0 Å². The number of carbonyl (C=O) groups excluding carboxylic acids is 1. The lowest BCUT2D eigenvalue weighted by Gasteiger charge is -2.16. The highest BCUT2D eigenvalue weighted by Crippen LogP contribution is 2.27. The summed E-state index contributed by atoms with van der Waals surface area (Å²) in [5.41, 5.74) is 0.487. The van der Waals surface area contributed by atoms with Crippen molar-refractivity contribution in [2.24, 2.45) is 0 Å². The van der Waals surface area contributed by atoms with E-state index in [2.05, 4.69) is 23.7 Å². The average Bonchev–Trinajstić information content (AvgIpc) is 2.75. The van der Waals surface area contributed by atoms with Gasteiger partial charge in [-0.2, -0.15) is 0 Å². The Balaban J connectivity index is 3.01. The Kier molecular flexibility index (Phi) is 5.41. The van der Waals surface area contributed by atoms with Gasteiger partial charge in [0.2, 0.25) is 0 Å². The van der Waals surface area contributed by atoms with E-state index in [9.17, 15) is 4.79 Å². The fourth-order valence-corrected chi connectivity index (χ4v) is 2.68. The van der Waals surface area contributed by atoms with E-state index in [0.717, 1.165) is 29.5 Å². The van der Waals surface area contributed by atoms with Gasteiger partial charge in [0, 0.05) is 18.0 Å². The minimum atomic E-state index is -0.306. The van der Waals surface area contributed by atoms with Crippen LogP contribution in [0.15, 0.2) is 0 Å². The van der Waals surface area contributed by atoms with Crippen molar-refractivity contribution in [3.05, 3.63) is 10.6 Å². The largest absolute Gasteiger partial charge is 0.461 e. The SMILES string of the molecule is CCOC(=O)c1nc(N(CC)CC)sc1CC. The van der Waals surface area contributed by atoms with Crippen LogP contribution in [0.3, 0.4) is 0 Å². The number of ether oxygens (including phenoxy) is 1. The number of nitrogens with zero attached hydrogens (tertiary/aromatic N) is 2. The molecule has 0 atom stereocenters. The Hall–Kier alpha value is -1.10. The number of aromatic nitrogens is 1. The molecule has 0 aromatic carbocycles. The van der Waals surface area contributed by atoms with Crippen molar-refractivity contribution in [1.82, 2.24) is 4.98 Å². The molecular formula is C12H20N2O2S. The smallest absolute Gasteiger partial charge is 0.358 e. The molecule has 0 bridgehead atoms. The Labute approximate surface area is 107 Å². The van der Waals surface area contributed by atoms with E-state index in [4.69, 9.17) is 4.74 Å². The fourth-order valence-electron chi connectivity index (χ4n) is 1.57. The van der Waals surface area contributed by atoms with Gasteiger partial charge in [0.05, 0.1) is 6.61 Å². The van der Waals surface area contributed by atoms with E-state index >= 15 is 0 Å². The molecule has 0 aliphatic carbocycles. The normalized spacial score (nSPS) is 10.4. The summed E-state index contributed by atoms with van der Waals surface area (Å²) in [6.07, 6.45) is 0.813. The van der Waals surface area contributed by atoms with Crippen molar-refractivity contribution in [1.29, 1.82) is 0 Å². The van der Waals surface area contributed by atoms with Gasteiger partial charge in [0.25, 0.3) is 0 Å². The molecule has 0 fully saturated rings. The minimum Gasteiger partial charge on any atom is -0.461 e. The zero-order chi connectivity index (χ0) is 12.8. The summed E-state index contributed by atoms with van der Waals surface area (Å²) in [5.74, 6) is -0.306. The number of carbonyl (C=O) groups is 1. The van der Waals surface area contributed by atoms with E-state index < -0.39 is 0 Å². The number of aryl methyl sites for hydroxylation is 1. The topological polar surface area (TPSA) is 42.4 Å². The van der Waals surface area contributed by atoms with Crippen molar-refractivity contribution in [2.75, 3.05) is 24.6 Å². The molecule has 0 saturated carbocycles. The van der Waals surface area contributed by atoms with Crippen molar-refractivity contribution in [3.8, 4) is 0 Å². The monoisotopic (exact) mass is 256 g/mol. The molecule has 1 aromatic heterocycles. The van der Waals surface area contributed by atoms with Crippen LogP contribution in [0.1, 0.15) is 43.1 Å². The van der Waals surface area contributed by atoms with Crippen LogP contribution < -0.4 is 4.90 Å². The van der Waals surface area contributed by atoms with Crippen LogP contribution in [0.2, 0.25) is 0 Å². The maximum Gasteiger partial charge on any atom is 0.358 e. The van der Waals surface area contributed by atoms with E-state index in [1.54, 1.807) is 18.3 Å². The molecule has 96 valence electrons. The third-order valence-corrected chi connectivity index (χ3v) is 3.77. The molecule has 0 aliphatic rings. The molecule has 1 aromatic rings. The van der Waals surface area contributed by atoms with Crippen molar-refractivity contribution >= 4 is 22.4 Å². The van der Waals surface area contributed by atoms with Crippen molar-refractivity contribution in [2.45, 2.75) is 34.1 Å². The minimum absolute atomic E-state index is 0.306. The highest BCUT2D eigenvalue weighted by atomic mass is 32.1. The third-order valence-electron chi connectivity index (χ3n) is 2.51. The molecule has 0 spiro atoms. The van der Waals surface area contributed by atoms with Gasteiger partial charge < -0.3 is 9.64 Å². The number of hydrogen-bond acceptors (Lipinski definition) is 5. The number of thiazole rings is 1. The highest BCUT2D eigenvalue weighted by molar-refractivity contribution is 7.15. The lowest BCUT2D eigenvalue weighted by atomic mass is 10.3. The van der Waals surface area contributed by atoms with Gasteiger partial charge in [-0.15, -0.1) is 11.3 Å². The number of rotatable bonds is 6. The van der Waals surface area contributed by atoms with Gasteiger partial charge >= 0.3 is 5.97 Å². The summed E-state index contributed by atoms with van der Waals surface area (Å²) in [5, 5.41) is 0.912. The predicted molar refractivity (Wildman–Crippen MR) is 71.0 cm³/mol. The van der Waals surface area contributed by atoms with Crippen LogP contribution in [0.4, 0.5) is 5.13 Å². The fraction of sp³-hybridized carbons (Fsp3) is 0.667. The van der Waals surface area contributed by atoms with Gasteiger partial charge in [-0.25, -0.2) is 9.78 Å². The summed E-state index contributed by atoms with van der Waals surface area (Å²) >= 11 is 1.58. The summed E-state index contributed by atoms with van der Waals surface area (Å²) in [7, 11) is 0. The zero-order valence-electron chi connectivity index (χ0n) is 10.9. The van der Waals surface area contributed by atoms with Crippen LogP contribution in [0.25, 0.3) is 0 Å². The van der Waals surface area contributed by atoms with Crippen LogP contribution >= 0.6 is 11.3 Å². The maximum atomic E-state index is 11.7. The zero-order valence-corrected chi connectivity index (χ0v) is 11.8. The summed E-state index contributed by atoms with van der Waals surface area (Å²) in [6.45, 7) is 10.2. The van der Waals surface area contributed by atoms with Gasteiger partial charge in [0.15, 0.2) is 10.8 Å². The number of anilines is 1. The van der Waals surface area contributed by atoms with Gasteiger partial charge in [-0.1, -0.05) is 6.92 Å². The van der Waals surface area contributed by atoms with Crippen LogP contribution in [-0.4, -0.2) is 30.6 Å². The van der Waals surface area contributed by atoms with Crippen molar-refractivity contribution in [3.63, 3.8) is 0 Å². The molecular weight excluding hydrogens is 236 g/mol. The first kappa shape index (κ1) is 14.0. The second kappa shape index (κ2) is 6.59. The second-order valence-corrected chi connectivity index (χ2v) is 4.58. The molecule has 17 heavy (non-hydrogen) atoms. The predicted octanol–water partition coefficient (Wildman–Crippen LogP) is 2.73. The Morgan fingerprint density at radius 2 is 1.94 bits per heavy atom. The first-order valence-corrected chi connectivity index (χ1v) is 6.91. The molecule has 0 unspecified atom stereocenters. The summed E-state index contributed by atoms with van der Waals surface area (Å²) in [4.78, 5) is 19.3. The third kappa shape index (κ3) is 3.19. The maximum absolute atomic E-state index is 11.7. The molecule has 0 saturated heterocycles. The van der Waals surface area contributed by atoms with Crippen molar-refractivity contribution < 1.29 is 9.53 Å². The number of esters is 1. The molecule has 0 radical (unpaired) electrons. The van der Waals surface area contributed by atoms with Crippen LogP contribution in [0, 0.1) is 0 Å². The lowest BCUT2D eigenvalue weighted by molar-refractivity contribution is 0.0519. The molecule has 5 heteroatoms. The van der Waals surface area contributed by atoms with Gasteiger partial charge in [-0.05, 0) is 27.2 Å². The molecule has 0 aliphatic heterocycles. The highest BCUT2D eigenvalue weighted by Gasteiger charge is 2.19.